The number of carboxylic acid groups (broad SMARTS) is 1. The van der Waals surface area contributed by atoms with E-state index in [0.717, 1.165) is 15.6 Å². The summed E-state index contributed by atoms with van der Waals surface area (Å²) in [4.78, 5) is 12.5. The van der Waals surface area contributed by atoms with Crippen LogP contribution in [0, 0.1) is 6.92 Å². The number of aryl methyl sites for hydroxylation is 1. The number of fused-ring (bicyclic) bond motifs is 1. The molecule has 0 aliphatic rings. The summed E-state index contributed by atoms with van der Waals surface area (Å²) in [5.41, 5.74) is 0.0622. The molecule has 1 N–H and O–H groups in total. The van der Waals surface area contributed by atoms with Crippen LogP contribution in [0.4, 0.5) is 0 Å². The van der Waals surface area contributed by atoms with Gasteiger partial charge in [0.05, 0.1) is 5.41 Å². The fourth-order valence-electron chi connectivity index (χ4n) is 1.80. The molecule has 0 saturated heterocycles. The SMILES string of the molecule is Cc1cc2cccc(C(C)(C)C(=O)O)c2s1. The van der Waals surface area contributed by atoms with Gasteiger partial charge in [-0.25, -0.2) is 0 Å². The first-order valence-electron chi connectivity index (χ1n) is 5.16. The Kier molecular flexibility index (Phi) is 2.50. The van der Waals surface area contributed by atoms with Gasteiger partial charge in [-0.05, 0) is 37.8 Å². The van der Waals surface area contributed by atoms with Crippen molar-refractivity contribution in [1.29, 1.82) is 0 Å². The lowest BCUT2D eigenvalue weighted by molar-refractivity contribution is -0.142. The average Bonchev–Trinajstić information content (AvgIpc) is 2.56. The van der Waals surface area contributed by atoms with E-state index in [9.17, 15) is 9.90 Å². The summed E-state index contributed by atoms with van der Waals surface area (Å²) >= 11 is 1.66. The number of hydrogen-bond donors (Lipinski definition) is 1. The molecule has 1 aromatic heterocycles. The second-order valence-electron chi connectivity index (χ2n) is 4.51. The highest BCUT2D eigenvalue weighted by molar-refractivity contribution is 7.19. The van der Waals surface area contributed by atoms with Crippen LogP contribution in [0.2, 0.25) is 0 Å². The van der Waals surface area contributed by atoms with Gasteiger partial charge in [-0.15, -0.1) is 11.3 Å². The van der Waals surface area contributed by atoms with Crippen LogP contribution in [-0.4, -0.2) is 11.1 Å². The van der Waals surface area contributed by atoms with Crippen LogP contribution in [0.25, 0.3) is 10.1 Å². The quantitative estimate of drug-likeness (QED) is 0.862. The highest BCUT2D eigenvalue weighted by Gasteiger charge is 2.31. The second-order valence-corrected chi connectivity index (χ2v) is 5.77. The maximum atomic E-state index is 11.3. The van der Waals surface area contributed by atoms with Gasteiger partial charge in [0.2, 0.25) is 0 Å². The molecule has 2 nitrogen and oxygen atoms in total. The molecule has 0 spiro atoms. The van der Waals surface area contributed by atoms with Gasteiger partial charge in [0, 0.05) is 9.58 Å². The first-order chi connectivity index (χ1) is 7.43. The molecule has 16 heavy (non-hydrogen) atoms. The Hall–Kier alpha value is -1.35. The van der Waals surface area contributed by atoms with Gasteiger partial charge in [-0.3, -0.25) is 4.79 Å². The van der Waals surface area contributed by atoms with E-state index in [1.807, 2.05) is 25.1 Å². The number of rotatable bonds is 2. The fourth-order valence-corrected chi connectivity index (χ4v) is 2.99. The number of carboxylic acids is 1. The minimum absolute atomic E-state index is 0.786. The fraction of sp³-hybridized carbons (Fsp3) is 0.308. The Morgan fingerprint density at radius 1 is 1.38 bits per heavy atom. The average molecular weight is 234 g/mol. The van der Waals surface area contributed by atoms with Crippen molar-refractivity contribution in [3.8, 4) is 0 Å². The van der Waals surface area contributed by atoms with Crippen molar-refractivity contribution >= 4 is 27.4 Å². The topological polar surface area (TPSA) is 37.3 Å². The summed E-state index contributed by atoms with van der Waals surface area (Å²) < 4.78 is 1.09. The number of carbonyl (C=O) groups is 1. The molecule has 0 radical (unpaired) electrons. The summed E-state index contributed by atoms with van der Waals surface area (Å²) in [6, 6.07) is 7.96. The van der Waals surface area contributed by atoms with Crippen molar-refractivity contribution < 1.29 is 9.90 Å². The Balaban J connectivity index is 2.73. The number of aliphatic carboxylic acids is 1. The van der Waals surface area contributed by atoms with Crippen molar-refractivity contribution in [1.82, 2.24) is 0 Å². The van der Waals surface area contributed by atoms with Gasteiger partial charge in [0.15, 0.2) is 0 Å². The highest BCUT2D eigenvalue weighted by atomic mass is 32.1. The zero-order chi connectivity index (χ0) is 11.9. The van der Waals surface area contributed by atoms with Gasteiger partial charge in [0.1, 0.15) is 0 Å². The smallest absolute Gasteiger partial charge is 0.313 e. The Morgan fingerprint density at radius 3 is 2.69 bits per heavy atom. The minimum Gasteiger partial charge on any atom is -0.481 e. The van der Waals surface area contributed by atoms with E-state index < -0.39 is 11.4 Å². The van der Waals surface area contributed by atoms with Crippen LogP contribution in [-0.2, 0) is 10.2 Å². The lowest BCUT2D eigenvalue weighted by atomic mass is 9.84. The van der Waals surface area contributed by atoms with E-state index in [4.69, 9.17) is 0 Å². The third-order valence-corrected chi connectivity index (χ3v) is 3.97. The zero-order valence-corrected chi connectivity index (χ0v) is 10.4. The first kappa shape index (κ1) is 11.1. The second kappa shape index (κ2) is 3.59. The van der Waals surface area contributed by atoms with Crippen molar-refractivity contribution in [2.75, 3.05) is 0 Å². The van der Waals surface area contributed by atoms with E-state index in [1.165, 1.54) is 4.88 Å². The lowest BCUT2D eigenvalue weighted by Gasteiger charge is -2.20. The summed E-state index contributed by atoms with van der Waals surface area (Å²) in [6.45, 7) is 5.54. The Morgan fingerprint density at radius 2 is 2.06 bits per heavy atom. The van der Waals surface area contributed by atoms with Crippen molar-refractivity contribution in [3.63, 3.8) is 0 Å². The predicted octanol–water partition coefficient (Wildman–Crippen LogP) is 3.57. The molecule has 0 aliphatic carbocycles. The molecule has 2 aromatic rings. The van der Waals surface area contributed by atoms with E-state index in [2.05, 4.69) is 6.07 Å². The number of hydrogen-bond acceptors (Lipinski definition) is 2. The zero-order valence-electron chi connectivity index (χ0n) is 9.57. The van der Waals surface area contributed by atoms with Gasteiger partial charge in [-0.1, -0.05) is 18.2 Å². The predicted molar refractivity (Wildman–Crippen MR) is 67.2 cm³/mol. The van der Waals surface area contributed by atoms with E-state index in [-0.39, 0.29) is 0 Å². The molecule has 2 rings (SSSR count). The Bertz CT molecular complexity index is 552. The van der Waals surface area contributed by atoms with Gasteiger partial charge in [-0.2, -0.15) is 0 Å². The summed E-state index contributed by atoms with van der Waals surface area (Å²) in [5.74, 6) is -0.786. The molecule has 0 bridgehead atoms. The van der Waals surface area contributed by atoms with Crippen LogP contribution in [0.15, 0.2) is 24.3 Å². The summed E-state index contributed by atoms with van der Waals surface area (Å²) in [6.07, 6.45) is 0. The molecule has 0 unspecified atom stereocenters. The van der Waals surface area contributed by atoms with E-state index in [1.54, 1.807) is 25.2 Å². The van der Waals surface area contributed by atoms with Crippen molar-refractivity contribution in [2.45, 2.75) is 26.2 Å². The first-order valence-corrected chi connectivity index (χ1v) is 5.97. The lowest BCUT2D eigenvalue weighted by Crippen LogP contribution is -2.28. The van der Waals surface area contributed by atoms with Crippen molar-refractivity contribution in [3.05, 3.63) is 34.7 Å². The maximum Gasteiger partial charge on any atom is 0.313 e. The minimum atomic E-state index is -0.837. The number of benzene rings is 1. The molecular formula is C13H14O2S. The molecule has 3 heteroatoms. The van der Waals surface area contributed by atoms with Crippen LogP contribution in [0.3, 0.4) is 0 Å². The molecule has 1 heterocycles. The third-order valence-electron chi connectivity index (χ3n) is 2.88. The van der Waals surface area contributed by atoms with E-state index in [0.29, 0.717) is 0 Å². The third kappa shape index (κ3) is 1.61. The molecule has 0 fully saturated rings. The Labute approximate surface area is 98.5 Å². The summed E-state index contributed by atoms with van der Waals surface area (Å²) in [5, 5.41) is 10.4. The van der Waals surface area contributed by atoms with Crippen LogP contribution in [0.1, 0.15) is 24.3 Å². The molecule has 1 aromatic carbocycles. The van der Waals surface area contributed by atoms with Gasteiger partial charge >= 0.3 is 5.97 Å². The normalized spacial score (nSPS) is 11.9. The van der Waals surface area contributed by atoms with Crippen LogP contribution < -0.4 is 0 Å². The maximum absolute atomic E-state index is 11.3. The molecule has 0 amide bonds. The van der Waals surface area contributed by atoms with Crippen molar-refractivity contribution in [2.24, 2.45) is 0 Å². The van der Waals surface area contributed by atoms with E-state index >= 15 is 0 Å². The highest BCUT2D eigenvalue weighted by Crippen LogP contribution is 2.35. The monoisotopic (exact) mass is 234 g/mol. The van der Waals surface area contributed by atoms with Gasteiger partial charge in [0.25, 0.3) is 0 Å². The summed E-state index contributed by atoms with van der Waals surface area (Å²) in [7, 11) is 0. The molecule has 0 aliphatic heterocycles. The molecular weight excluding hydrogens is 220 g/mol. The van der Waals surface area contributed by atoms with Crippen LogP contribution >= 0.6 is 11.3 Å². The molecule has 0 atom stereocenters. The van der Waals surface area contributed by atoms with Crippen LogP contribution in [0.5, 0.6) is 0 Å². The molecule has 0 saturated carbocycles. The molecule has 84 valence electrons. The van der Waals surface area contributed by atoms with Gasteiger partial charge < -0.3 is 5.11 Å². The largest absolute Gasteiger partial charge is 0.481 e. The number of thiophene rings is 1. The standard InChI is InChI=1S/C13H14O2S/c1-8-7-9-5-4-6-10(11(9)16-8)13(2,3)12(14)15/h4-7H,1-3H3,(H,14,15).